The smallest absolute Gasteiger partial charge is 0.257 e. The van der Waals surface area contributed by atoms with Gasteiger partial charge in [0.15, 0.2) is 0 Å². The number of amides is 1. The predicted octanol–water partition coefficient (Wildman–Crippen LogP) is 4.47. The van der Waals surface area contributed by atoms with Crippen LogP contribution in [0.1, 0.15) is 25.3 Å². The summed E-state index contributed by atoms with van der Waals surface area (Å²) in [5.41, 5.74) is 3.78. The Morgan fingerprint density at radius 2 is 1.88 bits per heavy atom. The van der Waals surface area contributed by atoms with Gasteiger partial charge in [-0.25, -0.2) is 4.39 Å². The molecule has 0 bridgehead atoms. The normalized spacial score (nSPS) is 18.8. The van der Waals surface area contributed by atoms with Crippen molar-refractivity contribution in [2.24, 2.45) is 5.92 Å². The van der Waals surface area contributed by atoms with Crippen molar-refractivity contribution in [1.29, 1.82) is 0 Å². The molecular weight excluding hydrogens is 329 g/mol. The minimum Gasteiger partial charge on any atom is -0.372 e. The Balaban J connectivity index is 1.48. The van der Waals surface area contributed by atoms with Crippen LogP contribution in [0.15, 0.2) is 48.7 Å². The zero-order chi connectivity index (χ0) is 18.1. The summed E-state index contributed by atoms with van der Waals surface area (Å²) in [4.78, 5) is 14.5. The summed E-state index contributed by atoms with van der Waals surface area (Å²) in [6, 6.07) is 12.5. The quantitative estimate of drug-likeness (QED) is 0.802. The molecule has 0 aliphatic carbocycles. The number of anilines is 3. The predicted molar refractivity (Wildman–Crippen MR) is 104 cm³/mol. The Hall–Kier alpha value is -2.82. The highest BCUT2D eigenvalue weighted by molar-refractivity contribution is 6.31. The van der Waals surface area contributed by atoms with Crippen LogP contribution in [0.5, 0.6) is 0 Å². The number of nitrogens with zero attached hydrogens (tertiary/aromatic N) is 1. The average Bonchev–Trinajstić information content (AvgIpc) is 2.96. The maximum absolute atomic E-state index is 13.5. The highest BCUT2D eigenvalue weighted by Crippen LogP contribution is 2.32. The molecule has 4 rings (SSSR count). The van der Waals surface area contributed by atoms with Gasteiger partial charge in [-0.1, -0.05) is 6.92 Å². The largest absolute Gasteiger partial charge is 0.372 e. The fourth-order valence-electron chi connectivity index (χ4n) is 3.49. The van der Waals surface area contributed by atoms with Gasteiger partial charge in [-0.15, -0.1) is 0 Å². The Bertz CT molecular complexity index is 852. The molecule has 2 aliphatic rings. The minimum atomic E-state index is -0.355. The van der Waals surface area contributed by atoms with Crippen LogP contribution in [0.2, 0.25) is 0 Å². The van der Waals surface area contributed by atoms with Crippen LogP contribution in [0.4, 0.5) is 21.5 Å². The van der Waals surface area contributed by atoms with E-state index in [-0.39, 0.29) is 11.7 Å². The third-order valence-corrected chi connectivity index (χ3v) is 5.16. The van der Waals surface area contributed by atoms with Crippen molar-refractivity contribution < 1.29 is 9.18 Å². The number of hydrogen-bond donors (Lipinski definition) is 2. The summed E-state index contributed by atoms with van der Waals surface area (Å²) in [5.74, 6) is 0.229. The van der Waals surface area contributed by atoms with E-state index in [0.717, 1.165) is 24.7 Å². The SMILES string of the molecule is CC1CCN(c2ccc(N/C=C3/C(=O)Nc4ccc(F)cc43)cc2)CC1. The molecule has 0 atom stereocenters. The molecule has 1 fully saturated rings. The average molecular weight is 351 g/mol. The fourth-order valence-corrected chi connectivity index (χ4v) is 3.49. The van der Waals surface area contributed by atoms with E-state index in [4.69, 9.17) is 0 Å². The third kappa shape index (κ3) is 3.29. The molecular formula is C21H22FN3O. The lowest BCUT2D eigenvalue weighted by Gasteiger charge is -2.32. The van der Waals surface area contributed by atoms with Gasteiger partial charge in [0.25, 0.3) is 5.91 Å². The molecule has 5 heteroatoms. The molecule has 2 heterocycles. The Kier molecular flexibility index (Phi) is 4.37. The van der Waals surface area contributed by atoms with E-state index in [1.807, 2.05) is 12.1 Å². The molecule has 0 aromatic heterocycles. The maximum atomic E-state index is 13.5. The van der Waals surface area contributed by atoms with E-state index < -0.39 is 0 Å². The number of carbonyl (C=O) groups excluding carboxylic acids is 1. The van der Waals surface area contributed by atoms with Crippen LogP contribution < -0.4 is 15.5 Å². The molecule has 134 valence electrons. The lowest BCUT2D eigenvalue weighted by molar-refractivity contribution is -0.110. The van der Waals surface area contributed by atoms with Crippen LogP contribution in [-0.4, -0.2) is 19.0 Å². The van der Waals surface area contributed by atoms with E-state index >= 15 is 0 Å². The van der Waals surface area contributed by atoms with Gasteiger partial charge in [-0.3, -0.25) is 4.79 Å². The summed E-state index contributed by atoms with van der Waals surface area (Å²) in [5, 5.41) is 5.90. The molecule has 0 unspecified atom stereocenters. The molecule has 2 aromatic rings. The number of rotatable bonds is 3. The van der Waals surface area contributed by atoms with Gasteiger partial charge in [0.2, 0.25) is 0 Å². The zero-order valence-electron chi connectivity index (χ0n) is 14.8. The summed E-state index contributed by atoms with van der Waals surface area (Å²) >= 11 is 0. The summed E-state index contributed by atoms with van der Waals surface area (Å²) in [6.45, 7) is 4.50. The van der Waals surface area contributed by atoms with Crippen molar-refractivity contribution >= 4 is 28.5 Å². The Morgan fingerprint density at radius 1 is 1.15 bits per heavy atom. The number of hydrogen-bond acceptors (Lipinski definition) is 3. The van der Waals surface area contributed by atoms with E-state index in [2.05, 4.69) is 34.6 Å². The number of fused-ring (bicyclic) bond motifs is 1. The van der Waals surface area contributed by atoms with Gasteiger partial charge in [0.1, 0.15) is 5.82 Å². The molecule has 0 radical (unpaired) electrons. The second-order valence-corrected chi connectivity index (χ2v) is 7.06. The number of carbonyl (C=O) groups is 1. The molecule has 1 amide bonds. The molecule has 2 aromatic carbocycles. The van der Waals surface area contributed by atoms with Crippen molar-refractivity contribution in [3.63, 3.8) is 0 Å². The first-order chi connectivity index (χ1) is 12.6. The number of halogens is 1. The number of benzene rings is 2. The molecule has 2 aliphatic heterocycles. The molecule has 26 heavy (non-hydrogen) atoms. The van der Waals surface area contributed by atoms with Crippen molar-refractivity contribution in [2.75, 3.05) is 28.6 Å². The van der Waals surface area contributed by atoms with Gasteiger partial charge in [-0.2, -0.15) is 0 Å². The first kappa shape index (κ1) is 16.6. The highest BCUT2D eigenvalue weighted by atomic mass is 19.1. The van der Waals surface area contributed by atoms with Crippen LogP contribution in [0.3, 0.4) is 0 Å². The van der Waals surface area contributed by atoms with E-state index in [1.165, 1.54) is 30.7 Å². The molecule has 1 saturated heterocycles. The Labute approximate surface area is 152 Å². The molecule has 0 spiro atoms. The maximum Gasteiger partial charge on any atom is 0.257 e. The number of piperidine rings is 1. The lowest BCUT2D eigenvalue weighted by atomic mass is 9.99. The zero-order valence-corrected chi connectivity index (χ0v) is 14.8. The van der Waals surface area contributed by atoms with Crippen LogP contribution in [0, 0.1) is 11.7 Å². The van der Waals surface area contributed by atoms with Crippen LogP contribution in [-0.2, 0) is 4.79 Å². The van der Waals surface area contributed by atoms with Gasteiger partial charge in [-0.05, 0) is 61.2 Å². The fraction of sp³-hybridized carbons (Fsp3) is 0.286. The molecule has 2 N–H and O–H groups in total. The lowest BCUT2D eigenvalue weighted by Crippen LogP contribution is -2.32. The Morgan fingerprint density at radius 3 is 2.62 bits per heavy atom. The van der Waals surface area contributed by atoms with Crippen LogP contribution in [0.25, 0.3) is 5.57 Å². The van der Waals surface area contributed by atoms with Gasteiger partial charge >= 0.3 is 0 Å². The second-order valence-electron chi connectivity index (χ2n) is 7.06. The summed E-state index contributed by atoms with van der Waals surface area (Å²) < 4.78 is 13.5. The number of nitrogens with one attached hydrogen (secondary N) is 2. The first-order valence-electron chi connectivity index (χ1n) is 9.03. The van der Waals surface area contributed by atoms with Crippen molar-refractivity contribution in [3.05, 3.63) is 60.0 Å². The van der Waals surface area contributed by atoms with E-state index in [9.17, 15) is 9.18 Å². The minimum absolute atomic E-state index is 0.225. The standard InChI is InChI=1S/C21H22FN3O/c1-14-8-10-25(11-9-14)17-5-3-16(4-6-17)23-13-19-18-12-15(22)2-7-20(18)24-21(19)26/h2-7,12-14,23H,8-11H2,1H3,(H,24,26)/b19-13+. The van der Waals surface area contributed by atoms with Crippen LogP contribution >= 0.6 is 0 Å². The molecule has 0 saturated carbocycles. The van der Waals surface area contributed by atoms with E-state index in [0.29, 0.717) is 16.8 Å². The third-order valence-electron chi connectivity index (χ3n) is 5.16. The van der Waals surface area contributed by atoms with Crippen molar-refractivity contribution in [1.82, 2.24) is 0 Å². The van der Waals surface area contributed by atoms with Gasteiger partial charge in [0.05, 0.1) is 5.57 Å². The van der Waals surface area contributed by atoms with Gasteiger partial charge in [0, 0.05) is 41.9 Å². The second kappa shape index (κ2) is 6.83. The van der Waals surface area contributed by atoms with Crippen molar-refractivity contribution in [2.45, 2.75) is 19.8 Å². The monoisotopic (exact) mass is 351 g/mol. The van der Waals surface area contributed by atoms with Gasteiger partial charge < -0.3 is 15.5 Å². The topological polar surface area (TPSA) is 44.4 Å². The summed E-state index contributed by atoms with van der Waals surface area (Å²) in [7, 11) is 0. The first-order valence-corrected chi connectivity index (χ1v) is 9.03. The molecule has 4 nitrogen and oxygen atoms in total. The van der Waals surface area contributed by atoms with Crippen molar-refractivity contribution in [3.8, 4) is 0 Å². The van der Waals surface area contributed by atoms with E-state index in [1.54, 1.807) is 12.3 Å². The highest BCUT2D eigenvalue weighted by Gasteiger charge is 2.24. The summed E-state index contributed by atoms with van der Waals surface area (Å²) in [6.07, 6.45) is 4.10.